The number of hydrogen-bond donors (Lipinski definition) is 1. The SMILES string of the molecule is COc1cccc(-n2c(SC(C)C(=O)Nc3ccccc3F)nc3ccccc3c2=O)c1. The number of aromatic nitrogens is 2. The molecule has 8 heteroatoms. The van der Waals surface area contributed by atoms with Crippen LogP contribution < -0.4 is 15.6 Å². The average Bonchev–Trinajstić information content (AvgIpc) is 2.80. The molecule has 1 amide bonds. The monoisotopic (exact) mass is 449 g/mol. The molecule has 0 saturated heterocycles. The number of ether oxygens (including phenoxy) is 1. The molecule has 1 atom stereocenters. The number of hydrogen-bond acceptors (Lipinski definition) is 5. The van der Waals surface area contributed by atoms with Crippen LogP contribution in [0.3, 0.4) is 0 Å². The van der Waals surface area contributed by atoms with E-state index >= 15 is 0 Å². The highest BCUT2D eigenvalue weighted by Gasteiger charge is 2.21. The van der Waals surface area contributed by atoms with Crippen LogP contribution in [0.25, 0.3) is 16.6 Å². The third kappa shape index (κ3) is 4.36. The molecule has 0 radical (unpaired) electrons. The van der Waals surface area contributed by atoms with Gasteiger partial charge in [-0.15, -0.1) is 0 Å². The summed E-state index contributed by atoms with van der Waals surface area (Å²) in [5.74, 6) is -0.335. The molecule has 0 aliphatic carbocycles. The van der Waals surface area contributed by atoms with E-state index in [9.17, 15) is 14.0 Å². The van der Waals surface area contributed by atoms with Crippen molar-refractivity contribution < 1.29 is 13.9 Å². The molecule has 6 nitrogen and oxygen atoms in total. The van der Waals surface area contributed by atoms with E-state index in [-0.39, 0.29) is 11.2 Å². The number of rotatable bonds is 6. The topological polar surface area (TPSA) is 73.2 Å². The Bertz CT molecular complexity index is 1360. The van der Waals surface area contributed by atoms with Crippen molar-refractivity contribution in [1.29, 1.82) is 0 Å². The molecule has 0 saturated carbocycles. The third-order valence-corrected chi connectivity index (χ3v) is 5.89. The minimum Gasteiger partial charge on any atom is -0.497 e. The van der Waals surface area contributed by atoms with E-state index in [1.807, 2.05) is 0 Å². The van der Waals surface area contributed by atoms with Crippen LogP contribution in [0.1, 0.15) is 6.92 Å². The summed E-state index contributed by atoms with van der Waals surface area (Å²) in [6.07, 6.45) is 0. The average molecular weight is 450 g/mol. The summed E-state index contributed by atoms with van der Waals surface area (Å²) in [6, 6.07) is 20.1. The smallest absolute Gasteiger partial charge is 0.266 e. The van der Waals surface area contributed by atoms with E-state index in [0.717, 1.165) is 11.8 Å². The van der Waals surface area contributed by atoms with Crippen molar-refractivity contribution in [2.75, 3.05) is 12.4 Å². The van der Waals surface area contributed by atoms with E-state index in [0.29, 0.717) is 27.5 Å². The molecule has 1 heterocycles. The van der Waals surface area contributed by atoms with Gasteiger partial charge in [0.1, 0.15) is 11.6 Å². The second-order valence-electron chi connectivity index (χ2n) is 6.98. The Morgan fingerprint density at radius 2 is 1.84 bits per heavy atom. The van der Waals surface area contributed by atoms with Crippen molar-refractivity contribution in [3.05, 3.63) is 89.0 Å². The first kappa shape index (κ1) is 21.6. The molecule has 162 valence electrons. The van der Waals surface area contributed by atoms with Gasteiger partial charge in [-0.25, -0.2) is 9.37 Å². The molecule has 0 aliphatic rings. The molecule has 0 aliphatic heterocycles. The van der Waals surface area contributed by atoms with Gasteiger partial charge in [-0.05, 0) is 43.3 Å². The van der Waals surface area contributed by atoms with Crippen molar-refractivity contribution >= 4 is 34.3 Å². The predicted octanol–water partition coefficient (Wildman–Crippen LogP) is 4.65. The van der Waals surface area contributed by atoms with Gasteiger partial charge in [-0.1, -0.05) is 42.1 Å². The summed E-state index contributed by atoms with van der Waals surface area (Å²) in [5.41, 5.74) is 0.937. The first-order valence-corrected chi connectivity index (χ1v) is 10.7. The number of thioether (sulfide) groups is 1. The summed E-state index contributed by atoms with van der Waals surface area (Å²) >= 11 is 1.12. The van der Waals surface area contributed by atoms with Gasteiger partial charge in [0, 0.05) is 6.07 Å². The van der Waals surface area contributed by atoms with Crippen molar-refractivity contribution in [3.63, 3.8) is 0 Å². The molecule has 3 aromatic carbocycles. The molecule has 4 rings (SSSR count). The van der Waals surface area contributed by atoms with Crippen LogP contribution in [-0.4, -0.2) is 27.8 Å². The number of amides is 1. The summed E-state index contributed by atoms with van der Waals surface area (Å²) in [5, 5.41) is 2.74. The van der Waals surface area contributed by atoms with Crippen LogP contribution in [-0.2, 0) is 4.79 Å². The van der Waals surface area contributed by atoms with E-state index < -0.39 is 17.0 Å². The third-order valence-electron chi connectivity index (χ3n) is 4.84. The maximum atomic E-state index is 13.9. The van der Waals surface area contributed by atoms with Crippen LogP contribution in [0, 0.1) is 5.82 Å². The largest absolute Gasteiger partial charge is 0.497 e. The maximum Gasteiger partial charge on any atom is 0.266 e. The normalized spacial score (nSPS) is 11.8. The highest BCUT2D eigenvalue weighted by molar-refractivity contribution is 8.00. The van der Waals surface area contributed by atoms with Gasteiger partial charge >= 0.3 is 0 Å². The van der Waals surface area contributed by atoms with E-state index in [2.05, 4.69) is 10.3 Å². The maximum absolute atomic E-state index is 13.9. The Morgan fingerprint density at radius 3 is 2.62 bits per heavy atom. The minimum atomic E-state index is -0.653. The number of para-hydroxylation sites is 2. The number of carbonyl (C=O) groups excluding carboxylic acids is 1. The van der Waals surface area contributed by atoms with Gasteiger partial charge in [-0.2, -0.15) is 0 Å². The van der Waals surface area contributed by atoms with Gasteiger partial charge in [0.15, 0.2) is 5.16 Å². The van der Waals surface area contributed by atoms with Crippen LogP contribution in [0.4, 0.5) is 10.1 Å². The Balaban J connectivity index is 1.74. The summed E-state index contributed by atoms with van der Waals surface area (Å²) in [6.45, 7) is 1.68. The number of anilines is 1. The predicted molar refractivity (Wildman–Crippen MR) is 124 cm³/mol. The van der Waals surface area contributed by atoms with Crippen LogP contribution in [0.2, 0.25) is 0 Å². The van der Waals surface area contributed by atoms with Crippen LogP contribution in [0.15, 0.2) is 82.7 Å². The number of fused-ring (bicyclic) bond motifs is 1. The number of nitrogens with zero attached hydrogens (tertiary/aromatic N) is 2. The summed E-state index contributed by atoms with van der Waals surface area (Å²) < 4.78 is 20.7. The fourth-order valence-corrected chi connectivity index (χ4v) is 4.10. The fraction of sp³-hybridized carbons (Fsp3) is 0.125. The number of carbonyl (C=O) groups is 1. The Hall–Kier alpha value is -3.65. The lowest BCUT2D eigenvalue weighted by Gasteiger charge is -2.17. The van der Waals surface area contributed by atoms with Crippen molar-refractivity contribution in [2.24, 2.45) is 0 Å². The molecule has 32 heavy (non-hydrogen) atoms. The first-order valence-electron chi connectivity index (χ1n) is 9.86. The molecular weight excluding hydrogens is 429 g/mol. The van der Waals surface area contributed by atoms with Gasteiger partial charge in [0.2, 0.25) is 5.91 Å². The first-order chi connectivity index (χ1) is 15.5. The van der Waals surface area contributed by atoms with Crippen molar-refractivity contribution in [1.82, 2.24) is 9.55 Å². The quantitative estimate of drug-likeness (QED) is 0.343. The van der Waals surface area contributed by atoms with Gasteiger partial charge in [-0.3, -0.25) is 14.2 Å². The molecule has 0 fully saturated rings. The molecule has 0 spiro atoms. The lowest BCUT2D eigenvalue weighted by molar-refractivity contribution is -0.115. The van der Waals surface area contributed by atoms with E-state index in [4.69, 9.17) is 4.74 Å². The lowest BCUT2D eigenvalue weighted by atomic mass is 10.2. The lowest BCUT2D eigenvalue weighted by Crippen LogP contribution is -2.26. The fourth-order valence-electron chi connectivity index (χ4n) is 3.18. The zero-order valence-corrected chi connectivity index (χ0v) is 18.2. The number of halogens is 1. The van der Waals surface area contributed by atoms with Crippen molar-refractivity contribution in [2.45, 2.75) is 17.3 Å². The zero-order chi connectivity index (χ0) is 22.7. The Kier molecular flexibility index (Phi) is 6.23. The van der Waals surface area contributed by atoms with Gasteiger partial charge < -0.3 is 10.1 Å². The molecular formula is C24H20FN3O3S. The Morgan fingerprint density at radius 1 is 1.09 bits per heavy atom. The molecule has 1 aromatic heterocycles. The van der Waals surface area contributed by atoms with Crippen molar-refractivity contribution in [3.8, 4) is 11.4 Å². The summed E-state index contributed by atoms with van der Waals surface area (Å²) in [7, 11) is 1.55. The second-order valence-corrected chi connectivity index (χ2v) is 8.29. The van der Waals surface area contributed by atoms with E-state index in [1.54, 1.807) is 74.7 Å². The molecule has 4 aromatic rings. The second kappa shape index (κ2) is 9.23. The molecule has 1 N–H and O–H groups in total. The zero-order valence-electron chi connectivity index (χ0n) is 17.4. The number of methoxy groups -OCH3 is 1. The van der Waals surface area contributed by atoms with Gasteiger partial charge in [0.05, 0.1) is 34.6 Å². The van der Waals surface area contributed by atoms with E-state index in [1.165, 1.54) is 16.7 Å². The molecule has 0 bridgehead atoms. The summed E-state index contributed by atoms with van der Waals surface area (Å²) in [4.78, 5) is 30.7. The highest BCUT2D eigenvalue weighted by Crippen LogP contribution is 2.27. The number of nitrogens with one attached hydrogen (secondary N) is 1. The molecule has 1 unspecified atom stereocenters. The minimum absolute atomic E-state index is 0.0987. The highest BCUT2D eigenvalue weighted by atomic mass is 32.2. The van der Waals surface area contributed by atoms with Crippen LogP contribution >= 0.6 is 11.8 Å². The number of benzene rings is 3. The van der Waals surface area contributed by atoms with Gasteiger partial charge in [0.25, 0.3) is 5.56 Å². The van der Waals surface area contributed by atoms with Crippen LogP contribution in [0.5, 0.6) is 5.75 Å². The standard InChI is InChI=1S/C24H20FN3O3S/c1-15(22(29)26-21-13-6-4-11-19(21)25)32-24-27-20-12-5-3-10-18(20)23(30)28(24)16-8-7-9-17(14-16)31-2/h3-15H,1-2H3,(H,26,29). The Labute approximate surface area is 188 Å².